The van der Waals surface area contributed by atoms with Gasteiger partial charge < -0.3 is 19.9 Å². The van der Waals surface area contributed by atoms with E-state index in [0.29, 0.717) is 45.1 Å². The topological polar surface area (TPSA) is 99.3 Å². The van der Waals surface area contributed by atoms with E-state index in [1.54, 1.807) is 37.8 Å². The third kappa shape index (κ3) is 5.24. The molecular formula is C22H34N4O5S. The highest BCUT2D eigenvalue weighted by Gasteiger charge is 2.29. The van der Waals surface area contributed by atoms with Crippen LogP contribution in [0.25, 0.3) is 0 Å². The maximum atomic E-state index is 13.3. The monoisotopic (exact) mass is 466 g/mol. The highest BCUT2D eigenvalue weighted by molar-refractivity contribution is 7.89. The van der Waals surface area contributed by atoms with Crippen LogP contribution in [0.2, 0.25) is 0 Å². The predicted octanol–water partition coefficient (Wildman–Crippen LogP) is 1.29. The summed E-state index contributed by atoms with van der Waals surface area (Å²) in [7, 11) is -3.71. The highest BCUT2D eigenvalue weighted by atomic mass is 32.2. The summed E-state index contributed by atoms with van der Waals surface area (Å²) in [6.07, 6.45) is 2.04. The normalized spacial score (nSPS) is 18.1. The average Bonchev–Trinajstić information content (AvgIpc) is 3.34. The summed E-state index contributed by atoms with van der Waals surface area (Å²) in [6, 6.07) is 4.00. The number of sulfonamides is 1. The number of morpholine rings is 1. The molecule has 32 heavy (non-hydrogen) atoms. The first kappa shape index (κ1) is 24.5. The van der Waals surface area contributed by atoms with Gasteiger partial charge in [-0.05, 0) is 38.0 Å². The van der Waals surface area contributed by atoms with Crippen LogP contribution in [0, 0.1) is 0 Å². The second kappa shape index (κ2) is 10.6. The van der Waals surface area contributed by atoms with E-state index in [2.05, 4.69) is 10.2 Å². The summed E-state index contributed by atoms with van der Waals surface area (Å²) in [4.78, 5) is 29.9. The van der Waals surface area contributed by atoms with E-state index in [4.69, 9.17) is 4.74 Å². The van der Waals surface area contributed by atoms with Gasteiger partial charge in [0.05, 0.1) is 23.7 Å². The molecule has 1 aromatic rings. The number of amides is 2. The van der Waals surface area contributed by atoms with Crippen molar-refractivity contribution in [2.45, 2.75) is 44.6 Å². The van der Waals surface area contributed by atoms with Crippen molar-refractivity contribution < 1.29 is 22.7 Å². The number of benzene rings is 1. The van der Waals surface area contributed by atoms with Crippen molar-refractivity contribution in [1.29, 1.82) is 0 Å². The summed E-state index contributed by atoms with van der Waals surface area (Å²) in [5.41, 5.74) is 0.978. The minimum atomic E-state index is -3.71. The van der Waals surface area contributed by atoms with Crippen LogP contribution >= 0.6 is 0 Å². The number of nitrogens with one attached hydrogen (secondary N) is 1. The molecule has 0 saturated carbocycles. The van der Waals surface area contributed by atoms with E-state index in [1.165, 1.54) is 10.4 Å². The van der Waals surface area contributed by atoms with Crippen LogP contribution in [0.15, 0.2) is 23.1 Å². The molecule has 0 aromatic heterocycles. The second-order valence-corrected chi connectivity index (χ2v) is 10.0. The fourth-order valence-corrected chi connectivity index (χ4v) is 5.68. The molecule has 2 amide bonds. The van der Waals surface area contributed by atoms with E-state index in [-0.39, 0.29) is 16.4 Å². The lowest BCUT2D eigenvalue weighted by Crippen LogP contribution is -2.50. The number of nitrogens with zero attached hydrogens (tertiary/aromatic N) is 3. The highest BCUT2D eigenvalue weighted by Crippen LogP contribution is 2.28. The molecule has 0 radical (unpaired) electrons. The molecule has 0 aliphatic carbocycles. The van der Waals surface area contributed by atoms with Crippen LogP contribution in [-0.2, 0) is 19.6 Å². The van der Waals surface area contributed by atoms with Gasteiger partial charge in [-0.3, -0.25) is 9.59 Å². The van der Waals surface area contributed by atoms with Crippen molar-refractivity contribution in [3.63, 3.8) is 0 Å². The molecule has 1 aromatic carbocycles. The van der Waals surface area contributed by atoms with Gasteiger partial charge in [-0.15, -0.1) is 0 Å². The molecule has 2 aliphatic heterocycles. The number of hydrogen-bond donors (Lipinski definition) is 1. The molecule has 2 aliphatic rings. The number of hydrogen-bond acceptors (Lipinski definition) is 6. The van der Waals surface area contributed by atoms with E-state index >= 15 is 0 Å². The molecule has 2 fully saturated rings. The molecule has 0 bridgehead atoms. The summed E-state index contributed by atoms with van der Waals surface area (Å²) < 4.78 is 32.7. The number of carbonyl (C=O) groups is 2. The van der Waals surface area contributed by atoms with Crippen molar-refractivity contribution in [3.8, 4) is 0 Å². The molecule has 2 heterocycles. The van der Waals surface area contributed by atoms with Gasteiger partial charge in [-0.2, -0.15) is 4.31 Å². The SMILES string of the molecule is CCN(CC)S(=O)(=O)c1ccc(N2CCCC2)c(C(=O)NC(C)C(=O)N2CCOCC2)c1. The van der Waals surface area contributed by atoms with Crippen LogP contribution in [0.3, 0.4) is 0 Å². The molecule has 1 N–H and O–H groups in total. The number of carbonyl (C=O) groups excluding carboxylic acids is 2. The van der Waals surface area contributed by atoms with E-state index in [1.807, 2.05) is 0 Å². The van der Waals surface area contributed by atoms with Gasteiger partial charge in [-0.25, -0.2) is 8.42 Å². The van der Waals surface area contributed by atoms with Crippen LogP contribution in [0.1, 0.15) is 44.0 Å². The van der Waals surface area contributed by atoms with Gasteiger partial charge >= 0.3 is 0 Å². The van der Waals surface area contributed by atoms with Gasteiger partial charge in [0.15, 0.2) is 0 Å². The number of ether oxygens (including phenoxy) is 1. The van der Waals surface area contributed by atoms with Crippen LogP contribution in [0.4, 0.5) is 5.69 Å². The summed E-state index contributed by atoms with van der Waals surface area (Å²) >= 11 is 0. The van der Waals surface area contributed by atoms with Crippen molar-refractivity contribution in [2.75, 3.05) is 57.4 Å². The molecule has 3 rings (SSSR count). The lowest BCUT2D eigenvalue weighted by Gasteiger charge is -2.30. The lowest BCUT2D eigenvalue weighted by atomic mass is 10.1. The Hall–Kier alpha value is -2.17. The van der Waals surface area contributed by atoms with E-state index in [0.717, 1.165) is 25.9 Å². The Morgan fingerprint density at radius 1 is 1.09 bits per heavy atom. The van der Waals surface area contributed by atoms with Crippen LogP contribution in [-0.4, -0.2) is 88.0 Å². The number of rotatable bonds is 8. The first-order chi connectivity index (χ1) is 15.3. The van der Waals surface area contributed by atoms with Crippen LogP contribution < -0.4 is 10.2 Å². The molecule has 9 nitrogen and oxygen atoms in total. The Kier molecular flexibility index (Phi) is 8.13. The quantitative estimate of drug-likeness (QED) is 0.620. The first-order valence-electron chi connectivity index (χ1n) is 11.4. The molecular weight excluding hydrogens is 432 g/mol. The fourth-order valence-electron chi connectivity index (χ4n) is 4.20. The zero-order valence-corrected chi connectivity index (χ0v) is 20.0. The molecule has 10 heteroatoms. The minimum absolute atomic E-state index is 0.0847. The minimum Gasteiger partial charge on any atom is -0.378 e. The molecule has 0 spiro atoms. The van der Waals surface area contributed by atoms with Gasteiger partial charge in [0.25, 0.3) is 5.91 Å². The van der Waals surface area contributed by atoms with Gasteiger partial charge in [0.1, 0.15) is 6.04 Å². The van der Waals surface area contributed by atoms with Crippen molar-refractivity contribution in [1.82, 2.24) is 14.5 Å². The Balaban J connectivity index is 1.89. The second-order valence-electron chi connectivity index (χ2n) is 8.10. The Labute approximate surface area is 190 Å². The van der Waals surface area contributed by atoms with Crippen molar-refractivity contribution in [3.05, 3.63) is 23.8 Å². The lowest BCUT2D eigenvalue weighted by molar-refractivity contribution is -0.136. The van der Waals surface area contributed by atoms with E-state index in [9.17, 15) is 18.0 Å². The Bertz CT molecular complexity index is 920. The van der Waals surface area contributed by atoms with Gasteiger partial charge in [0.2, 0.25) is 15.9 Å². The third-order valence-electron chi connectivity index (χ3n) is 6.04. The predicted molar refractivity (Wildman–Crippen MR) is 122 cm³/mol. The maximum absolute atomic E-state index is 13.3. The van der Waals surface area contributed by atoms with Gasteiger partial charge in [0, 0.05) is 45.0 Å². The van der Waals surface area contributed by atoms with Crippen LogP contribution in [0.5, 0.6) is 0 Å². The molecule has 2 saturated heterocycles. The summed E-state index contributed by atoms with van der Waals surface area (Å²) in [5.74, 6) is -0.617. The summed E-state index contributed by atoms with van der Waals surface area (Å²) in [5, 5.41) is 2.79. The fraction of sp³-hybridized carbons (Fsp3) is 0.636. The first-order valence-corrected chi connectivity index (χ1v) is 12.8. The van der Waals surface area contributed by atoms with Gasteiger partial charge in [-0.1, -0.05) is 13.8 Å². The Morgan fingerprint density at radius 2 is 1.72 bits per heavy atom. The van der Waals surface area contributed by atoms with Crippen molar-refractivity contribution >= 4 is 27.5 Å². The maximum Gasteiger partial charge on any atom is 0.254 e. The zero-order valence-electron chi connectivity index (χ0n) is 19.2. The number of anilines is 1. The van der Waals surface area contributed by atoms with Crippen molar-refractivity contribution in [2.24, 2.45) is 0 Å². The average molecular weight is 467 g/mol. The molecule has 1 unspecified atom stereocenters. The van der Waals surface area contributed by atoms with E-state index < -0.39 is 22.0 Å². The smallest absolute Gasteiger partial charge is 0.254 e. The zero-order chi connectivity index (χ0) is 23.3. The third-order valence-corrected chi connectivity index (χ3v) is 8.09. The molecule has 178 valence electrons. The Morgan fingerprint density at radius 3 is 2.31 bits per heavy atom. The largest absolute Gasteiger partial charge is 0.378 e. The standard InChI is InChI=1S/C22H34N4O5S/c1-4-26(5-2)32(29,30)18-8-9-20(24-10-6-7-11-24)19(16-18)21(27)23-17(3)22(28)25-12-14-31-15-13-25/h8-9,16-17H,4-7,10-15H2,1-3H3,(H,23,27). The molecule has 1 atom stereocenters. The summed E-state index contributed by atoms with van der Waals surface area (Å²) in [6.45, 7) is 9.49.